The maximum atomic E-state index is 11.3. The molecule has 0 saturated carbocycles. The molecule has 1 aromatic carbocycles. The first kappa shape index (κ1) is 13.9. The summed E-state index contributed by atoms with van der Waals surface area (Å²) in [4.78, 5) is 13.7. The number of carboxylic acids is 1. The number of carbonyl (C=O) groups is 1. The van der Waals surface area contributed by atoms with Gasteiger partial charge < -0.3 is 9.52 Å². The third-order valence-corrected chi connectivity index (χ3v) is 4.23. The highest BCUT2D eigenvalue weighted by atomic mass is 16.4. The van der Waals surface area contributed by atoms with Crippen molar-refractivity contribution in [2.24, 2.45) is 0 Å². The van der Waals surface area contributed by atoms with Crippen molar-refractivity contribution in [1.82, 2.24) is 4.90 Å². The molecule has 2 aromatic rings. The van der Waals surface area contributed by atoms with Crippen molar-refractivity contribution in [1.29, 1.82) is 0 Å². The standard InChI is InChI=1S/C17H19NO3/c1-12(10-14-5-3-9-21-14)18-8-7-15-13(11-18)4-2-6-16(15)17(19)20/h2-6,9,12H,7-8,10-11H2,1H3,(H,19,20). The Hall–Kier alpha value is -2.07. The van der Waals surface area contributed by atoms with Crippen LogP contribution in [0.2, 0.25) is 0 Å². The Kier molecular flexibility index (Phi) is 3.80. The predicted molar refractivity (Wildman–Crippen MR) is 79.4 cm³/mol. The topological polar surface area (TPSA) is 53.7 Å². The number of hydrogen-bond acceptors (Lipinski definition) is 3. The van der Waals surface area contributed by atoms with E-state index in [1.54, 1.807) is 12.3 Å². The largest absolute Gasteiger partial charge is 0.478 e. The summed E-state index contributed by atoms with van der Waals surface area (Å²) in [6, 6.07) is 9.85. The summed E-state index contributed by atoms with van der Waals surface area (Å²) in [5.41, 5.74) is 2.57. The Morgan fingerprint density at radius 2 is 2.24 bits per heavy atom. The van der Waals surface area contributed by atoms with Gasteiger partial charge in [-0.25, -0.2) is 4.79 Å². The molecule has 1 atom stereocenters. The summed E-state index contributed by atoms with van der Waals surface area (Å²) in [6.07, 6.45) is 3.37. The van der Waals surface area contributed by atoms with Crippen LogP contribution in [0.4, 0.5) is 0 Å². The summed E-state index contributed by atoms with van der Waals surface area (Å²) in [5, 5.41) is 9.26. The van der Waals surface area contributed by atoms with Gasteiger partial charge in [0.2, 0.25) is 0 Å². The van der Waals surface area contributed by atoms with Gasteiger partial charge in [0.15, 0.2) is 0 Å². The van der Waals surface area contributed by atoms with Crippen molar-refractivity contribution in [3.8, 4) is 0 Å². The first-order valence-corrected chi connectivity index (χ1v) is 7.25. The van der Waals surface area contributed by atoms with Crippen molar-refractivity contribution in [2.75, 3.05) is 6.54 Å². The molecule has 1 unspecified atom stereocenters. The van der Waals surface area contributed by atoms with Crippen LogP contribution in [0.3, 0.4) is 0 Å². The van der Waals surface area contributed by atoms with Crippen molar-refractivity contribution in [3.05, 3.63) is 59.0 Å². The van der Waals surface area contributed by atoms with E-state index in [-0.39, 0.29) is 0 Å². The SMILES string of the molecule is CC(Cc1ccco1)N1CCc2c(cccc2C(=O)O)C1. The lowest BCUT2D eigenvalue weighted by Crippen LogP contribution is -2.39. The first-order valence-electron chi connectivity index (χ1n) is 7.25. The van der Waals surface area contributed by atoms with E-state index in [1.165, 1.54) is 0 Å². The third kappa shape index (κ3) is 2.85. The zero-order valence-corrected chi connectivity index (χ0v) is 12.1. The number of carboxylic acid groups (broad SMARTS) is 1. The molecule has 2 heterocycles. The highest BCUT2D eigenvalue weighted by Crippen LogP contribution is 2.25. The molecule has 4 nitrogen and oxygen atoms in total. The molecule has 110 valence electrons. The second kappa shape index (κ2) is 5.74. The lowest BCUT2D eigenvalue weighted by molar-refractivity contribution is 0.0694. The molecule has 1 aromatic heterocycles. The summed E-state index contributed by atoms with van der Waals surface area (Å²) in [5.74, 6) is 0.163. The molecule has 1 N–H and O–H groups in total. The molecule has 4 heteroatoms. The minimum absolute atomic E-state index is 0.373. The zero-order valence-electron chi connectivity index (χ0n) is 12.1. The Labute approximate surface area is 124 Å². The number of aromatic carboxylic acids is 1. The second-order valence-electron chi connectivity index (χ2n) is 5.60. The molecule has 0 radical (unpaired) electrons. The Morgan fingerprint density at radius 1 is 1.38 bits per heavy atom. The number of hydrogen-bond donors (Lipinski definition) is 1. The van der Waals surface area contributed by atoms with E-state index >= 15 is 0 Å². The smallest absolute Gasteiger partial charge is 0.335 e. The van der Waals surface area contributed by atoms with E-state index in [0.717, 1.165) is 42.8 Å². The number of benzene rings is 1. The normalized spacial score (nSPS) is 16.4. The monoisotopic (exact) mass is 285 g/mol. The van der Waals surface area contributed by atoms with Crippen LogP contribution in [-0.2, 0) is 19.4 Å². The van der Waals surface area contributed by atoms with Crippen LogP contribution in [0.5, 0.6) is 0 Å². The van der Waals surface area contributed by atoms with E-state index in [4.69, 9.17) is 4.42 Å². The van der Waals surface area contributed by atoms with Gasteiger partial charge in [-0.15, -0.1) is 0 Å². The van der Waals surface area contributed by atoms with Gasteiger partial charge in [0, 0.05) is 25.6 Å². The van der Waals surface area contributed by atoms with E-state index in [2.05, 4.69) is 11.8 Å². The van der Waals surface area contributed by atoms with Crippen LogP contribution in [-0.4, -0.2) is 28.6 Å². The van der Waals surface area contributed by atoms with Gasteiger partial charge in [0.25, 0.3) is 0 Å². The van der Waals surface area contributed by atoms with E-state index in [1.807, 2.05) is 24.3 Å². The molecule has 1 aliphatic heterocycles. The average Bonchev–Trinajstić information content (AvgIpc) is 2.98. The summed E-state index contributed by atoms with van der Waals surface area (Å²) in [7, 11) is 0. The van der Waals surface area contributed by atoms with Gasteiger partial charge in [-0.05, 0) is 42.7 Å². The fourth-order valence-corrected chi connectivity index (χ4v) is 3.06. The fraction of sp³-hybridized carbons (Fsp3) is 0.353. The van der Waals surface area contributed by atoms with Crippen LogP contribution in [0.15, 0.2) is 41.0 Å². The molecule has 0 amide bonds. The fourth-order valence-electron chi connectivity index (χ4n) is 3.06. The minimum Gasteiger partial charge on any atom is -0.478 e. The van der Waals surface area contributed by atoms with Crippen LogP contribution in [0.1, 0.15) is 34.2 Å². The minimum atomic E-state index is -0.830. The predicted octanol–water partition coefficient (Wildman–Crippen LogP) is 2.97. The molecule has 0 spiro atoms. The van der Waals surface area contributed by atoms with Crippen LogP contribution in [0.25, 0.3) is 0 Å². The highest BCUT2D eigenvalue weighted by Gasteiger charge is 2.24. The first-order chi connectivity index (χ1) is 10.1. The maximum Gasteiger partial charge on any atom is 0.335 e. The van der Waals surface area contributed by atoms with E-state index in [9.17, 15) is 9.90 Å². The molecular formula is C17H19NO3. The Morgan fingerprint density at radius 3 is 2.95 bits per heavy atom. The average molecular weight is 285 g/mol. The lowest BCUT2D eigenvalue weighted by atomic mass is 9.93. The van der Waals surface area contributed by atoms with Gasteiger partial charge in [0.1, 0.15) is 5.76 Å². The highest BCUT2D eigenvalue weighted by molar-refractivity contribution is 5.89. The number of rotatable bonds is 4. The van der Waals surface area contributed by atoms with Gasteiger partial charge in [-0.2, -0.15) is 0 Å². The molecule has 0 fully saturated rings. The number of fused-ring (bicyclic) bond motifs is 1. The summed E-state index contributed by atoms with van der Waals surface area (Å²) in [6.45, 7) is 3.88. The van der Waals surface area contributed by atoms with Gasteiger partial charge in [-0.1, -0.05) is 12.1 Å². The molecule has 0 aliphatic carbocycles. The van der Waals surface area contributed by atoms with E-state index in [0.29, 0.717) is 11.6 Å². The van der Waals surface area contributed by atoms with Crippen LogP contribution < -0.4 is 0 Å². The summed E-state index contributed by atoms with van der Waals surface area (Å²) >= 11 is 0. The molecular weight excluding hydrogens is 266 g/mol. The van der Waals surface area contributed by atoms with Crippen LogP contribution in [0, 0.1) is 0 Å². The zero-order chi connectivity index (χ0) is 14.8. The Bertz CT molecular complexity index is 633. The van der Waals surface area contributed by atoms with Crippen molar-refractivity contribution in [3.63, 3.8) is 0 Å². The Balaban J connectivity index is 1.75. The van der Waals surface area contributed by atoms with E-state index < -0.39 is 5.97 Å². The van der Waals surface area contributed by atoms with Gasteiger partial charge >= 0.3 is 5.97 Å². The molecule has 0 bridgehead atoms. The summed E-state index contributed by atoms with van der Waals surface area (Å²) < 4.78 is 5.41. The van der Waals surface area contributed by atoms with Crippen molar-refractivity contribution in [2.45, 2.75) is 32.4 Å². The lowest BCUT2D eigenvalue weighted by Gasteiger charge is -2.34. The van der Waals surface area contributed by atoms with Gasteiger partial charge in [-0.3, -0.25) is 4.90 Å². The third-order valence-electron chi connectivity index (χ3n) is 4.23. The number of nitrogens with zero attached hydrogens (tertiary/aromatic N) is 1. The van der Waals surface area contributed by atoms with Crippen molar-refractivity contribution < 1.29 is 14.3 Å². The second-order valence-corrected chi connectivity index (χ2v) is 5.60. The molecule has 1 aliphatic rings. The van der Waals surface area contributed by atoms with Crippen LogP contribution >= 0.6 is 0 Å². The molecule has 3 rings (SSSR count). The quantitative estimate of drug-likeness (QED) is 0.938. The van der Waals surface area contributed by atoms with Crippen molar-refractivity contribution >= 4 is 5.97 Å². The van der Waals surface area contributed by atoms with Gasteiger partial charge in [0.05, 0.1) is 11.8 Å². The molecule has 0 saturated heterocycles. The molecule has 21 heavy (non-hydrogen) atoms. The maximum absolute atomic E-state index is 11.3. The number of furan rings is 1.